The standard InChI is InChI=1S/C21H19Cl2NO6/c1-3-30-21(28)18-17(16-13(23)8-11(22)9-14(16)24-18)19(25)15(20(26)27)10-5-4-6-12(7-10)29-2/h4-9,15,19,24-25H,3H2,1-2H3,(H,26,27). The highest BCUT2D eigenvalue weighted by Crippen LogP contribution is 2.41. The van der Waals surface area contributed by atoms with Crippen molar-refractivity contribution in [3.05, 3.63) is 63.3 Å². The van der Waals surface area contributed by atoms with Gasteiger partial charge in [-0.1, -0.05) is 35.3 Å². The second-order valence-electron chi connectivity index (χ2n) is 6.48. The number of benzene rings is 2. The largest absolute Gasteiger partial charge is 0.497 e. The average Bonchev–Trinajstić information content (AvgIpc) is 3.08. The summed E-state index contributed by atoms with van der Waals surface area (Å²) in [5.41, 5.74) is 0.612. The Kier molecular flexibility index (Phi) is 6.55. The van der Waals surface area contributed by atoms with Crippen molar-refractivity contribution >= 4 is 46.0 Å². The van der Waals surface area contributed by atoms with Crippen molar-refractivity contribution in [1.82, 2.24) is 4.98 Å². The molecule has 3 N–H and O–H groups in total. The molecule has 158 valence electrons. The van der Waals surface area contributed by atoms with E-state index in [9.17, 15) is 19.8 Å². The first kappa shape index (κ1) is 22.0. The summed E-state index contributed by atoms with van der Waals surface area (Å²) in [4.78, 5) is 27.6. The van der Waals surface area contributed by atoms with Crippen molar-refractivity contribution in [1.29, 1.82) is 0 Å². The van der Waals surface area contributed by atoms with Gasteiger partial charge in [-0.3, -0.25) is 4.79 Å². The molecule has 0 amide bonds. The predicted molar refractivity (Wildman–Crippen MR) is 113 cm³/mol. The third kappa shape index (κ3) is 4.09. The van der Waals surface area contributed by atoms with Gasteiger partial charge >= 0.3 is 11.9 Å². The van der Waals surface area contributed by atoms with Crippen LogP contribution in [0.5, 0.6) is 5.75 Å². The van der Waals surface area contributed by atoms with E-state index in [-0.39, 0.29) is 22.9 Å². The quantitative estimate of drug-likeness (QED) is 0.454. The number of aromatic nitrogens is 1. The van der Waals surface area contributed by atoms with E-state index in [2.05, 4.69) is 4.98 Å². The molecule has 1 aromatic heterocycles. The Bertz CT molecular complexity index is 1110. The fourth-order valence-corrected chi connectivity index (χ4v) is 3.99. The number of hydrogen-bond acceptors (Lipinski definition) is 5. The number of ether oxygens (including phenoxy) is 2. The highest BCUT2D eigenvalue weighted by molar-refractivity contribution is 6.39. The molecule has 9 heteroatoms. The second kappa shape index (κ2) is 8.95. The van der Waals surface area contributed by atoms with Gasteiger partial charge in [0, 0.05) is 21.5 Å². The van der Waals surface area contributed by atoms with Gasteiger partial charge in [0.25, 0.3) is 0 Å². The lowest BCUT2D eigenvalue weighted by Crippen LogP contribution is -2.22. The van der Waals surface area contributed by atoms with Crippen LogP contribution in [0, 0.1) is 0 Å². The number of carbonyl (C=O) groups is 2. The van der Waals surface area contributed by atoms with Crippen LogP contribution in [0.4, 0.5) is 0 Å². The average molecular weight is 452 g/mol. The van der Waals surface area contributed by atoms with Gasteiger partial charge in [-0.2, -0.15) is 0 Å². The highest BCUT2D eigenvalue weighted by Gasteiger charge is 2.36. The van der Waals surface area contributed by atoms with Gasteiger partial charge in [0.2, 0.25) is 0 Å². The topological polar surface area (TPSA) is 109 Å². The SMILES string of the molecule is CCOC(=O)c1[nH]c2cc(Cl)cc(Cl)c2c1C(O)C(C(=O)O)c1cccc(OC)c1. The Morgan fingerprint density at radius 2 is 1.93 bits per heavy atom. The lowest BCUT2D eigenvalue weighted by atomic mass is 9.87. The molecule has 0 radical (unpaired) electrons. The number of fused-ring (bicyclic) bond motifs is 1. The highest BCUT2D eigenvalue weighted by atomic mass is 35.5. The molecule has 0 fully saturated rings. The van der Waals surface area contributed by atoms with Crippen molar-refractivity contribution in [2.75, 3.05) is 13.7 Å². The number of nitrogens with one attached hydrogen (secondary N) is 1. The molecule has 0 aliphatic rings. The van der Waals surface area contributed by atoms with Crippen molar-refractivity contribution in [2.24, 2.45) is 0 Å². The molecule has 3 aromatic rings. The van der Waals surface area contributed by atoms with E-state index in [1.807, 2.05) is 0 Å². The third-order valence-electron chi connectivity index (χ3n) is 4.66. The number of halogens is 2. The molecule has 0 saturated heterocycles. The summed E-state index contributed by atoms with van der Waals surface area (Å²) in [5.74, 6) is -3.01. The van der Waals surface area contributed by atoms with Gasteiger partial charge in [0.05, 0.1) is 24.8 Å². The molecule has 0 aliphatic carbocycles. The first-order chi connectivity index (χ1) is 14.3. The Morgan fingerprint density at radius 1 is 1.20 bits per heavy atom. The molecule has 2 unspecified atom stereocenters. The van der Waals surface area contributed by atoms with E-state index in [4.69, 9.17) is 32.7 Å². The molecule has 0 saturated carbocycles. The molecule has 30 heavy (non-hydrogen) atoms. The predicted octanol–water partition coefficient (Wildman–Crippen LogP) is 4.56. The van der Waals surface area contributed by atoms with E-state index in [0.29, 0.717) is 27.2 Å². The number of carboxylic acids is 1. The zero-order valence-corrected chi connectivity index (χ0v) is 17.6. The smallest absolute Gasteiger partial charge is 0.355 e. The Labute approximate surface area is 182 Å². The summed E-state index contributed by atoms with van der Waals surface area (Å²) in [7, 11) is 1.45. The number of rotatable bonds is 7. The van der Waals surface area contributed by atoms with Gasteiger partial charge < -0.3 is 24.7 Å². The van der Waals surface area contributed by atoms with Crippen LogP contribution >= 0.6 is 23.2 Å². The monoisotopic (exact) mass is 451 g/mol. The zero-order chi connectivity index (χ0) is 22.0. The summed E-state index contributed by atoms with van der Waals surface area (Å²) >= 11 is 12.4. The van der Waals surface area contributed by atoms with Crippen LogP contribution in [-0.2, 0) is 9.53 Å². The van der Waals surface area contributed by atoms with Gasteiger partial charge in [-0.15, -0.1) is 0 Å². The van der Waals surface area contributed by atoms with Gasteiger partial charge in [-0.25, -0.2) is 4.79 Å². The van der Waals surface area contributed by atoms with Crippen LogP contribution in [0.25, 0.3) is 10.9 Å². The summed E-state index contributed by atoms with van der Waals surface area (Å²) in [6.45, 7) is 1.73. The Hall–Kier alpha value is -2.74. The van der Waals surface area contributed by atoms with E-state index < -0.39 is 24.0 Å². The summed E-state index contributed by atoms with van der Waals surface area (Å²) < 4.78 is 10.2. The molecule has 1 heterocycles. The van der Waals surface area contributed by atoms with E-state index in [1.165, 1.54) is 25.3 Å². The number of H-pyrrole nitrogens is 1. The second-order valence-corrected chi connectivity index (χ2v) is 7.33. The van der Waals surface area contributed by atoms with Crippen LogP contribution in [0.2, 0.25) is 10.0 Å². The van der Waals surface area contributed by atoms with Crippen LogP contribution in [0.3, 0.4) is 0 Å². The summed E-state index contributed by atoms with van der Waals surface area (Å²) in [6.07, 6.45) is -1.62. The van der Waals surface area contributed by atoms with Gasteiger partial charge in [0.1, 0.15) is 17.4 Å². The molecule has 0 spiro atoms. The fraction of sp³-hybridized carbons (Fsp3) is 0.238. The molecule has 2 aromatic carbocycles. The van der Waals surface area contributed by atoms with Gasteiger partial charge in [-0.05, 0) is 36.8 Å². The maximum Gasteiger partial charge on any atom is 0.355 e. The van der Waals surface area contributed by atoms with Crippen LogP contribution < -0.4 is 4.74 Å². The van der Waals surface area contributed by atoms with Crippen LogP contribution in [0.1, 0.15) is 40.6 Å². The fourth-order valence-electron chi connectivity index (χ4n) is 3.39. The number of carboxylic acid groups (broad SMARTS) is 1. The minimum atomic E-state index is -1.62. The van der Waals surface area contributed by atoms with Crippen molar-refractivity contribution in [2.45, 2.75) is 18.9 Å². The molecular weight excluding hydrogens is 433 g/mol. The minimum Gasteiger partial charge on any atom is -0.497 e. The molecule has 0 bridgehead atoms. The summed E-state index contributed by atoms with van der Waals surface area (Å²) in [5, 5.41) is 21.9. The van der Waals surface area contributed by atoms with Crippen molar-refractivity contribution < 1.29 is 29.3 Å². The zero-order valence-electron chi connectivity index (χ0n) is 16.1. The number of methoxy groups -OCH3 is 1. The van der Waals surface area contributed by atoms with E-state index in [0.717, 1.165) is 0 Å². The Morgan fingerprint density at radius 3 is 2.57 bits per heavy atom. The van der Waals surface area contributed by atoms with Crippen LogP contribution in [0.15, 0.2) is 36.4 Å². The molecule has 3 rings (SSSR count). The lowest BCUT2D eigenvalue weighted by molar-refractivity contribution is -0.141. The summed E-state index contributed by atoms with van der Waals surface area (Å²) in [6, 6.07) is 9.32. The first-order valence-electron chi connectivity index (χ1n) is 9.01. The molecule has 2 atom stereocenters. The Balaban J connectivity index is 2.24. The number of hydrogen-bond donors (Lipinski definition) is 3. The number of aliphatic carboxylic acids is 1. The number of esters is 1. The number of carbonyl (C=O) groups excluding carboxylic acids is 1. The maximum atomic E-state index is 12.6. The van der Waals surface area contributed by atoms with Gasteiger partial charge in [0.15, 0.2) is 0 Å². The lowest BCUT2D eigenvalue weighted by Gasteiger charge is -2.21. The first-order valence-corrected chi connectivity index (χ1v) is 9.76. The number of aliphatic hydroxyl groups excluding tert-OH is 1. The third-order valence-corrected chi connectivity index (χ3v) is 5.18. The van der Waals surface area contributed by atoms with E-state index in [1.54, 1.807) is 25.1 Å². The normalized spacial score (nSPS) is 13.1. The maximum absolute atomic E-state index is 12.6. The van der Waals surface area contributed by atoms with E-state index >= 15 is 0 Å². The number of aromatic amines is 1. The van der Waals surface area contributed by atoms with Crippen molar-refractivity contribution in [3.8, 4) is 5.75 Å². The van der Waals surface area contributed by atoms with Crippen molar-refractivity contribution in [3.63, 3.8) is 0 Å². The van der Waals surface area contributed by atoms with Crippen LogP contribution in [-0.4, -0.2) is 40.9 Å². The molecule has 7 nitrogen and oxygen atoms in total. The number of aliphatic hydroxyl groups is 1. The minimum absolute atomic E-state index is 0.0281. The molecule has 0 aliphatic heterocycles. The molecular formula is C21H19Cl2NO6.